The minimum Gasteiger partial charge on any atom is -0.488 e. The maximum absolute atomic E-state index is 12.6. The summed E-state index contributed by atoms with van der Waals surface area (Å²) < 4.78 is 13.1. The van der Waals surface area contributed by atoms with Gasteiger partial charge in [-0.05, 0) is 87.6 Å². The van der Waals surface area contributed by atoms with Crippen LogP contribution in [0, 0.1) is 7.14 Å². The SMILES string of the molecule is O=C(c1ccc(OC2CCOC2)cc1)c1cc(I)ccc1I. The van der Waals surface area contributed by atoms with Gasteiger partial charge in [0.05, 0.1) is 13.2 Å². The van der Waals surface area contributed by atoms with Crippen LogP contribution in [0.4, 0.5) is 0 Å². The van der Waals surface area contributed by atoms with Gasteiger partial charge in [-0.2, -0.15) is 0 Å². The Labute approximate surface area is 156 Å². The molecule has 1 aliphatic heterocycles. The van der Waals surface area contributed by atoms with Crippen molar-refractivity contribution in [2.45, 2.75) is 12.5 Å². The van der Waals surface area contributed by atoms with E-state index in [0.717, 1.165) is 31.5 Å². The lowest BCUT2D eigenvalue weighted by Gasteiger charge is -2.12. The molecule has 0 aromatic heterocycles. The van der Waals surface area contributed by atoms with Gasteiger partial charge in [0.1, 0.15) is 11.9 Å². The molecule has 1 saturated heterocycles. The lowest BCUT2D eigenvalue weighted by molar-refractivity contribution is 0.103. The van der Waals surface area contributed by atoms with Crippen LogP contribution in [0.3, 0.4) is 0 Å². The zero-order valence-electron chi connectivity index (χ0n) is 11.7. The molecular formula is C17H14I2O3. The van der Waals surface area contributed by atoms with Crippen molar-refractivity contribution in [3.05, 3.63) is 60.7 Å². The number of carbonyl (C=O) groups is 1. The second-order valence-electron chi connectivity index (χ2n) is 5.08. The average molecular weight is 520 g/mol. The van der Waals surface area contributed by atoms with E-state index in [9.17, 15) is 4.79 Å². The second-order valence-corrected chi connectivity index (χ2v) is 7.49. The molecule has 0 aliphatic carbocycles. The lowest BCUT2D eigenvalue weighted by atomic mass is 10.0. The first kappa shape index (κ1) is 16.2. The van der Waals surface area contributed by atoms with E-state index in [1.54, 1.807) is 0 Å². The summed E-state index contributed by atoms with van der Waals surface area (Å²) in [6, 6.07) is 13.2. The highest BCUT2D eigenvalue weighted by Crippen LogP contribution is 2.22. The van der Waals surface area contributed by atoms with Crippen molar-refractivity contribution in [2.75, 3.05) is 13.2 Å². The van der Waals surface area contributed by atoms with Gasteiger partial charge in [-0.3, -0.25) is 4.79 Å². The van der Waals surface area contributed by atoms with Crippen LogP contribution in [0.5, 0.6) is 5.75 Å². The molecule has 3 nitrogen and oxygen atoms in total. The number of carbonyl (C=O) groups excluding carboxylic acids is 1. The summed E-state index contributed by atoms with van der Waals surface area (Å²) in [4.78, 5) is 12.6. The molecule has 1 heterocycles. The molecule has 1 fully saturated rings. The van der Waals surface area contributed by atoms with Gasteiger partial charge in [-0.1, -0.05) is 0 Å². The fraction of sp³-hybridized carbons (Fsp3) is 0.235. The molecule has 0 bridgehead atoms. The van der Waals surface area contributed by atoms with Crippen LogP contribution in [0.2, 0.25) is 0 Å². The van der Waals surface area contributed by atoms with Gasteiger partial charge in [-0.15, -0.1) is 0 Å². The zero-order chi connectivity index (χ0) is 15.5. The molecule has 0 amide bonds. The molecule has 2 aromatic rings. The van der Waals surface area contributed by atoms with E-state index in [1.807, 2.05) is 42.5 Å². The Hall–Kier alpha value is -0.670. The molecule has 2 aromatic carbocycles. The number of hydrogen-bond acceptors (Lipinski definition) is 3. The van der Waals surface area contributed by atoms with Gasteiger partial charge in [-0.25, -0.2) is 0 Å². The van der Waals surface area contributed by atoms with Crippen molar-refractivity contribution in [3.63, 3.8) is 0 Å². The van der Waals surface area contributed by atoms with Crippen molar-refractivity contribution < 1.29 is 14.3 Å². The van der Waals surface area contributed by atoms with Crippen LogP contribution >= 0.6 is 45.2 Å². The number of halogens is 2. The van der Waals surface area contributed by atoms with Crippen molar-refractivity contribution in [3.8, 4) is 5.75 Å². The molecule has 0 saturated carbocycles. The Morgan fingerprint density at radius 1 is 1.14 bits per heavy atom. The van der Waals surface area contributed by atoms with Crippen molar-refractivity contribution >= 4 is 51.0 Å². The van der Waals surface area contributed by atoms with Crippen molar-refractivity contribution in [1.29, 1.82) is 0 Å². The van der Waals surface area contributed by atoms with Crippen LogP contribution in [-0.2, 0) is 4.74 Å². The highest BCUT2D eigenvalue weighted by atomic mass is 127. The summed E-state index contributed by atoms with van der Waals surface area (Å²) in [6.07, 6.45) is 1.04. The Bertz CT molecular complexity index is 677. The van der Waals surface area contributed by atoms with E-state index in [-0.39, 0.29) is 11.9 Å². The second kappa shape index (κ2) is 7.27. The third kappa shape index (κ3) is 3.80. The zero-order valence-corrected chi connectivity index (χ0v) is 16.0. The molecule has 1 aliphatic rings. The maximum Gasteiger partial charge on any atom is 0.194 e. The predicted octanol–water partition coefficient (Wildman–Crippen LogP) is 4.29. The molecule has 1 unspecified atom stereocenters. The van der Waals surface area contributed by atoms with E-state index in [2.05, 4.69) is 45.2 Å². The largest absolute Gasteiger partial charge is 0.488 e. The van der Waals surface area contributed by atoms with E-state index >= 15 is 0 Å². The Balaban J connectivity index is 1.77. The van der Waals surface area contributed by atoms with E-state index in [4.69, 9.17) is 9.47 Å². The summed E-state index contributed by atoms with van der Waals surface area (Å²) in [7, 11) is 0. The summed E-state index contributed by atoms with van der Waals surface area (Å²) in [5.41, 5.74) is 1.42. The third-order valence-electron chi connectivity index (χ3n) is 3.48. The van der Waals surface area contributed by atoms with Gasteiger partial charge in [0.2, 0.25) is 0 Å². The predicted molar refractivity (Wildman–Crippen MR) is 102 cm³/mol. The smallest absolute Gasteiger partial charge is 0.194 e. The minimum atomic E-state index is 0.0404. The Morgan fingerprint density at radius 2 is 1.91 bits per heavy atom. The lowest BCUT2D eigenvalue weighted by Crippen LogP contribution is -2.15. The fourth-order valence-corrected chi connectivity index (χ4v) is 3.38. The van der Waals surface area contributed by atoms with E-state index in [1.165, 1.54) is 0 Å². The first-order valence-electron chi connectivity index (χ1n) is 6.98. The molecule has 3 rings (SSSR count). The summed E-state index contributed by atoms with van der Waals surface area (Å²) in [5, 5.41) is 0. The first-order chi connectivity index (χ1) is 10.6. The monoisotopic (exact) mass is 520 g/mol. The third-order valence-corrected chi connectivity index (χ3v) is 5.09. The highest BCUT2D eigenvalue weighted by molar-refractivity contribution is 14.1. The van der Waals surface area contributed by atoms with E-state index in [0.29, 0.717) is 12.2 Å². The van der Waals surface area contributed by atoms with Crippen LogP contribution in [-0.4, -0.2) is 25.1 Å². The molecule has 0 spiro atoms. The highest BCUT2D eigenvalue weighted by Gasteiger charge is 2.18. The molecule has 22 heavy (non-hydrogen) atoms. The standard InChI is InChI=1S/C17H14I2O3/c18-12-3-6-16(19)15(9-12)17(20)11-1-4-13(5-2-11)22-14-7-8-21-10-14/h1-6,9,14H,7-8,10H2. The topological polar surface area (TPSA) is 35.5 Å². The van der Waals surface area contributed by atoms with Crippen LogP contribution in [0.15, 0.2) is 42.5 Å². The molecule has 114 valence electrons. The minimum absolute atomic E-state index is 0.0404. The summed E-state index contributed by atoms with van der Waals surface area (Å²) in [5.74, 6) is 0.822. The quantitative estimate of drug-likeness (QED) is 0.446. The fourth-order valence-electron chi connectivity index (χ4n) is 2.31. The molecule has 0 radical (unpaired) electrons. The molecule has 0 N–H and O–H groups in total. The maximum atomic E-state index is 12.6. The van der Waals surface area contributed by atoms with Gasteiger partial charge in [0.25, 0.3) is 0 Å². The molecular weight excluding hydrogens is 506 g/mol. The van der Waals surface area contributed by atoms with Crippen molar-refractivity contribution in [1.82, 2.24) is 0 Å². The number of rotatable bonds is 4. The summed E-state index contributed by atoms with van der Waals surface area (Å²) in [6.45, 7) is 1.40. The van der Waals surface area contributed by atoms with Crippen LogP contribution in [0.25, 0.3) is 0 Å². The average Bonchev–Trinajstić information content (AvgIpc) is 3.03. The van der Waals surface area contributed by atoms with Gasteiger partial charge < -0.3 is 9.47 Å². The number of ketones is 1. The van der Waals surface area contributed by atoms with Gasteiger partial charge in [0.15, 0.2) is 5.78 Å². The first-order valence-corrected chi connectivity index (χ1v) is 9.13. The van der Waals surface area contributed by atoms with Gasteiger partial charge >= 0.3 is 0 Å². The Kier molecular flexibility index (Phi) is 5.35. The number of benzene rings is 2. The van der Waals surface area contributed by atoms with Crippen LogP contribution < -0.4 is 4.74 Å². The Morgan fingerprint density at radius 3 is 2.59 bits per heavy atom. The van der Waals surface area contributed by atoms with Crippen molar-refractivity contribution in [2.24, 2.45) is 0 Å². The van der Waals surface area contributed by atoms with E-state index < -0.39 is 0 Å². The normalized spacial score (nSPS) is 17.5. The number of hydrogen-bond donors (Lipinski definition) is 0. The van der Waals surface area contributed by atoms with Crippen LogP contribution in [0.1, 0.15) is 22.3 Å². The van der Waals surface area contributed by atoms with Gasteiger partial charge in [0, 0.05) is 24.7 Å². The molecule has 5 heteroatoms. The molecule has 1 atom stereocenters. The summed E-state index contributed by atoms with van der Waals surface area (Å²) >= 11 is 4.42. The number of ether oxygens (including phenoxy) is 2.